The van der Waals surface area contributed by atoms with Crippen LogP contribution in [0.2, 0.25) is 0 Å². The Balaban J connectivity index is 1.38. The van der Waals surface area contributed by atoms with Gasteiger partial charge in [0, 0.05) is 44.0 Å². The lowest BCUT2D eigenvalue weighted by Gasteiger charge is -2.35. The summed E-state index contributed by atoms with van der Waals surface area (Å²) in [5.74, 6) is 0. The van der Waals surface area contributed by atoms with Crippen LogP contribution in [0.25, 0.3) is 5.69 Å². The van der Waals surface area contributed by atoms with Gasteiger partial charge in [-0.1, -0.05) is 17.7 Å². The van der Waals surface area contributed by atoms with Crippen molar-refractivity contribution in [2.45, 2.75) is 13.6 Å². The molecule has 0 aliphatic carbocycles. The zero-order valence-electron chi connectivity index (χ0n) is 16.0. The Bertz CT molecular complexity index is 1050. The van der Waals surface area contributed by atoms with Crippen molar-refractivity contribution in [3.63, 3.8) is 0 Å². The Kier molecular flexibility index (Phi) is 5.36. The van der Waals surface area contributed by atoms with Gasteiger partial charge in [0.25, 0.3) is 5.69 Å². The number of aryl methyl sites for hydroxylation is 1. The molecule has 0 N–H and O–H groups in total. The van der Waals surface area contributed by atoms with Crippen LogP contribution in [0.4, 0.5) is 11.4 Å². The molecule has 1 fully saturated rings. The van der Waals surface area contributed by atoms with Gasteiger partial charge in [0.1, 0.15) is 0 Å². The Morgan fingerprint density at radius 3 is 2.21 bits per heavy atom. The predicted molar refractivity (Wildman–Crippen MR) is 112 cm³/mol. The molecule has 150 valence electrons. The summed E-state index contributed by atoms with van der Waals surface area (Å²) >= 11 is 5.55. The average molecular weight is 411 g/mol. The summed E-state index contributed by atoms with van der Waals surface area (Å²) < 4.78 is 3.96. The number of hydrogen-bond donors (Lipinski definition) is 0. The zero-order chi connectivity index (χ0) is 20.4. The lowest BCUT2D eigenvalue weighted by Crippen LogP contribution is -2.47. The van der Waals surface area contributed by atoms with Gasteiger partial charge >= 0.3 is 0 Å². The van der Waals surface area contributed by atoms with E-state index in [1.165, 1.54) is 5.56 Å². The third-order valence-corrected chi connectivity index (χ3v) is 5.43. The van der Waals surface area contributed by atoms with E-state index in [1.807, 2.05) is 31.2 Å². The topological polar surface area (TPSA) is 85.3 Å². The minimum atomic E-state index is -0.380. The quantitative estimate of drug-likeness (QED) is 0.362. The normalized spacial score (nSPS) is 14.9. The fourth-order valence-corrected chi connectivity index (χ4v) is 3.57. The van der Waals surface area contributed by atoms with Crippen LogP contribution in [-0.2, 0) is 6.67 Å². The molecule has 0 spiro atoms. The van der Waals surface area contributed by atoms with E-state index in [-0.39, 0.29) is 10.6 Å². The number of nitro groups is 1. The molecule has 10 heteroatoms. The first-order valence-electron chi connectivity index (χ1n) is 9.33. The second kappa shape index (κ2) is 8.10. The van der Waals surface area contributed by atoms with Crippen molar-refractivity contribution in [2.24, 2.45) is 0 Å². The molecule has 1 aliphatic heterocycles. The lowest BCUT2D eigenvalue weighted by molar-refractivity contribution is -0.384. The van der Waals surface area contributed by atoms with Crippen LogP contribution in [-0.4, -0.2) is 55.8 Å². The highest BCUT2D eigenvalue weighted by Crippen LogP contribution is 2.20. The molecule has 29 heavy (non-hydrogen) atoms. The highest BCUT2D eigenvalue weighted by Gasteiger charge is 2.19. The number of nitrogens with zero attached hydrogens (tertiary/aromatic N) is 7. The molecule has 2 aromatic carbocycles. The molecule has 0 amide bonds. The molecule has 0 saturated carbocycles. The minimum absolute atomic E-state index is 0.110. The van der Waals surface area contributed by atoms with Gasteiger partial charge in [-0.05, 0) is 53.8 Å². The van der Waals surface area contributed by atoms with Crippen molar-refractivity contribution in [3.8, 4) is 5.69 Å². The van der Waals surface area contributed by atoms with Crippen molar-refractivity contribution in [2.75, 3.05) is 31.1 Å². The molecule has 1 aromatic heterocycles. The lowest BCUT2D eigenvalue weighted by atomic mass is 10.2. The van der Waals surface area contributed by atoms with Crippen LogP contribution in [0.1, 0.15) is 5.56 Å². The third kappa shape index (κ3) is 4.17. The molecule has 0 radical (unpaired) electrons. The SMILES string of the molecule is Cc1ccc(-n2nnn(CN3CCN(c4ccc([N+](=O)[O-])cc4)CC3)c2=S)cc1. The van der Waals surface area contributed by atoms with Crippen LogP contribution in [0, 0.1) is 21.8 Å². The Labute approximate surface area is 172 Å². The van der Waals surface area contributed by atoms with Crippen molar-refractivity contribution in [1.29, 1.82) is 0 Å². The van der Waals surface area contributed by atoms with Crippen molar-refractivity contribution >= 4 is 23.6 Å². The van der Waals surface area contributed by atoms with Crippen LogP contribution >= 0.6 is 12.2 Å². The van der Waals surface area contributed by atoms with Crippen LogP contribution in [0.3, 0.4) is 0 Å². The Morgan fingerprint density at radius 1 is 0.966 bits per heavy atom. The first-order valence-corrected chi connectivity index (χ1v) is 9.74. The van der Waals surface area contributed by atoms with Gasteiger partial charge in [0.2, 0.25) is 4.77 Å². The Morgan fingerprint density at radius 2 is 1.59 bits per heavy atom. The first-order chi connectivity index (χ1) is 14.0. The summed E-state index contributed by atoms with van der Waals surface area (Å²) in [6.45, 7) is 5.97. The standard InChI is InChI=1S/C19H21N7O2S/c1-15-2-4-17(5-3-15)25-19(29)24(20-21-25)14-22-10-12-23(13-11-22)16-6-8-18(9-7-16)26(27)28/h2-9H,10-14H2,1H3. The van der Waals surface area contributed by atoms with Gasteiger partial charge < -0.3 is 4.90 Å². The van der Waals surface area contributed by atoms with E-state index >= 15 is 0 Å². The first kappa shape index (κ1) is 19.2. The zero-order valence-corrected chi connectivity index (χ0v) is 16.8. The average Bonchev–Trinajstić information content (AvgIpc) is 3.09. The van der Waals surface area contributed by atoms with Crippen molar-refractivity contribution in [1.82, 2.24) is 24.7 Å². The molecular formula is C19H21N7O2S. The van der Waals surface area contributed by atoms with Crippen molar-refractivity contribution < 1.29 is 4.92 Å². The highest BCUT2D eigenvalue weighted by atomic mass is 32.1. The van der Waals surface area contributed by atoms with Gasteiger partial charge in [-0.15, -0.1) is 0 Å². The molecule has 1 saturated heterocycles. The number of anilines is 1. The summed E-state index contributed by atoms with van der Waals surface area (Å²) in [7, 11) is 0. The number of aromatic nitrogens is 4. The molecule has 3 aromatic rings. The van der Waals surface area contributed by atoms with E-state index in [4.69, 9.17) is 12.2 Å². The molecule has 0 unspecified atom stereocenters. The summed E-state index contributed by atoms with van der Waals surface area (Å²) in [5.41, 5.74) is 3.18. The van der Waals surface area contributed by atoms with E-state index in [0.29, 0.717) is 11.4 Å². The van der Waals surface area contributed by atoms with Crippen LogP contribution in [0.15, 0.2) is 48.5 Å². The highest BCUT2D eigenvalue weighted by molar-refractivity contribution is 7.71. The van der Waals surface area contributed by atoms with Crippen molar-refractivity contribution in [3.05, 3.63) is 69.0 Å². The summed E-state index contributed by atoms with van der Waals surface area (Å²) in [5, 5.41) is 19.2. The molecule has 1 aliphatic rings. The van der Waals surface area contributed by atoms with E-state index in [2.05, 4.69) is 20.2 Å². The van der Waals surface area contributed by atoms with Gasteiger partial charge in [-0.3, -0.25) is 15.0 Å². The number of nitro benzene ring substituents is 1. The molecule has 9 nitrogen and oxygen atoms in total. The van der Waals surface area contributed by atoms with Gasteiger partial charge in [0.05, 0.1) is 17.3 Å². The fourth-order valence-electron chi connectivity index (χ4n) is 3.33. The summed E-state index contributed by atoms with van der Waals surface area (Å²) in [6, 6.07) is 14.7. The summed E-state index contributed by atoms with van der Waals surface area (Å²) in [4.78, 5) is 14.9. The number of non-ortho nitro benzene ring substituents is 1. The second-order valence-corrected chi connectivity index (χ2v) is 7.39. The Hall–Kier alpha value is -3.11. The number of benzene rings is 2. The molecule has 4 rings (SSSR count). The van der Waals surface area contributed by atoms with E-state index in [0.717, 1.165) is 37.6 Å². The second-order valence-electron chi connectivity index (χ2n) is 7.03. The van der Waals surface area contributed by atoms with Gasteiger partial charge in [-0.2, -0.15) is 4.68 Å². The van der Waals surface area contributed by atoms with E-state index in [1.54, 1.807) is 33.6 Å². The minimum Gasteiger partial charge on any atom is -0.369 e. The maximum absolute atomic E-state index is 10.8. The number of tetrazole rings is 1. The van der Waals surface area contributed by atoms with E-state index in [9.17, 15) is 10.1 Å². The molecule has 0 atom stereocenters. The van der Waals surface area contributed by atoms with E-state index < -0.39 is 0 Å². The fraction of sp³-hybridized carbons (Fsp3) is 0.316. The summed E-state index contributed by atoms with van der Waals surface area (Å²) in [6.07, 6.45) is 0. The van der Waals surface area contributed by atoms with Gasteiger partial charge in [-0.25, -0.2) is 4.68 Å². The molecule has 0 bridgehead atoms. The smallest absolute Gasteiger partial charge is 0.269 e. The number of rotatable bonds is 5. The third-order valence-electron chi connectivity index (χ3n) is 5.05. The number of piperazine rings is 1. The maximum atomic E-state index is 10.8. The largest absolute Gasteiger partial charge is 0.369 e. The predicted octanol–water partition coefficient (Wildman–Crippen LogP) is 2.79. The van der Waals surface area contributed by atoms with Gasteiger partial charge in [0.15, 0.2) is 0 Å². The van der Waals surface area contributed by atoms with Crippen LogP contribution in [0.5, 0.6) is 0 Å². The molecule has 2 heterocycles. The monoisotopic (exact) mass is 411 g/mol. The number of hydrogen-bond acceptors (Lipinski definition) is 7. The maximum Gasteiger partial charge on any atom is 0.269 e. The molecular weight excluding hydrogens is 390 g/mol. The van der Waals surface area contributed by atoms with Crippen LogP contribution < -0.4 is 4.90 Å².